The van der Waals surface area contributed by atoms with Crippen LogP contribution < -0.4 is 0 Å². The van der Waals surface area contributed by atoms with Crippen LogP contribution in [0.5, 0.6) is 0 Å². The van der Waals surface area contributed by atoms with E-state index >= 15 is 0 Å². The zero-order valence-corrected chi connectivity index (χ0v) is 11.5. The van der Waals surface area contributed by atoms with Crippen molar-refractivity contribution in [2.24, 2.45) is 0 Å². The first kappa shape index (κ1) is 13.0. The summed E-state index contributed by atoms with van der Waals surface area (Å²) in [6.45, 7) is 13.2. The van der Waals surface area contributed by atoms with Crippen molar-refractivity contribution in [1.82, 2.24) is 0 Å². The van der Waals surface area contributed by atoms with Crippen molar-refractivity contribution < 1.29 is 0 Å². The van der Waals surface area contributed by atoms with E-state index in [1.165, 1.54) is 39.8 Å². The van der Waals surface area contributed by atoms with Crippen molar-refractivity contribution in [3.63, 3.8) is 0 Å². The maximum absolute atomic E-state index is 3.47. The van der Waals surface area contributed by atoms with Crippen molar-refractivity contribution >= 4 is 0 Å². The van der Waals surface area contributed by atoms with Gasteiger partial charge in [-0.1, -0.05) is 19.4 Å². The molecule has 0 amide bonds. The van der Waals surface area contributed by atoms with Crippen LogP contribution in [0.1, 0.15) is 53.1 Å². The average molecular weight is 215 g/mol. The molecule has 0 unspecified atom stereocenters. The molecule has 1 aromatic carbocycles. The van der Waals surface area contributed by atoms with Crippen molar-refractivity contribution in [2.45, 2.75) is 54.4 Å². The van der Waals surface area contributed by atoms with Gasteiger partial charge in [-0.05, 0) is 80.5 Å². The van der Waals surface area contributed by atoms with Gasteiger partial charge in [-0.3, -0.25) is 0 Å². The van der Waals surface area contributed by atoms with Gasteiger partial charge in [-0.25, -0.2) is 0 Å². The lowest BCUT2D eigenvalue weighted by atomic mass is 9.89. The molecule has 87 valence electrons. The largest absolute Gasteiger partial charge is 0.0760 e. The molecule has 0 aromatic heterocycles. The monoisotopic (exact) mass is 215 g/mol. The molecule has 1 radical (unpaired) electrons. The van der Waals surface area contributed by atoms with Gasteiger partial charge in [0.2, 0.25) is 0 Å². The molecular weight excluding hydrogens is 192 g/mol. The first-order valence-electron chi connectivity index (χ1n) is 6.15. The Bertz CT molecular complexity index is 380. The number of allylic oxidation sites excluding steroid dienone is 1. The molecule has 0 saturated carbocycles. The number of hydrogen-bond acceptors (Lipinski definition) is 0. The third kappa shape index (κ3) is 2.37. The molecule has 0 aliphatic heterocycles. The van der Waals surface area contributed by atoms with E-state index in [4.69, 9.17) is 0 Å². The molecule has 0 spiro atoms. The Hall–Kier alpha value is -1.04. The fourth-order valence-electron chi connectivity index (χ4n) is 2.04. The Morgan fingerprint density at radius 2 is 1.25 bits per heavy atom. The summed E-state index contributed by atoms with van der Waals surface area (Å²) in [5.41, 5.74) is 8.32. The van der Waals surface area contributed by atoms with Gasteiger partial charge >= 0.3 is 0 Å². The highest BCUT2D eigenvalue weighted by molar-refractivity contribution is 5.51. The lowest BCUT2D eigenvalue weighted by Crippen LogP contribution is -1.99. The molecule has 0 nitrogen and oxygen atoms in total. The summed E-state index contributed by atoms with van der Waals surface area (Å²) in [5, 5.41) is 0. The van der Waals surface area contributed by atoms with Gasteiger partial charge in [-0.15, -0.1) is 0 Å². The van der Waals surface area contributed by atoms with Crippen LogP contribution in [-0.4, -0.2) is 0 Å². The molecule has 0 atom stereocenters. The highest BCUT2D eigenvalue weighted by Crippen LogP contribution is 2.26. The van der Waals surface area contributed by atoms with E-state index in [2.05, 4.69) is 53.7 Å². The van der Waals surface area contributed by atoms with E-state index in [0.717, 1.165) is 6.42 Å². The number of benzene rings is 1. The average Bonchev–Trinajstić information content (AvgIpc) is 2.28. The molecule has 0 saturated heterocycles. The summed E-state index contributed by atoms with van der Waals surface area (Å²) in [5.74, 6) is 0. The molecule has 0 heteroatoms. The Kier molecular flexibility index (Phi) is 4.35. The van der Waals surface area contributed by atoms with Gasteiger partial charge in [0, 0.05) is 0 Å². The fraction of sp³-hybridized carbons (Fsp3) is 0.500. The van der Waals surface area contributed by atoms with Gasteiger partial charge in [0.25, 0.3) is 0 Å². The van der Waals surface area contributed by atoms with Gasteiger partial charge in [0.05, 0.1) is 0 Å². The van der Waals surface area contributed by atoms with E-state index in [-0.39, 0.29) is 0 Å². The summed E-state index contributed by atoms with van der Waals surface area (Å²) in [6, 6.07) is 0. The van der Waals surface area contributed by atoms with Crippen molar-refractivity contribution in [1.29, 1.82) is 0 Å². The zero-order valence-electron chi connectivity index (χ0n) is 11.5. The number of unbranched alkanes of at least 4 members (excludes halogenated alkanes) is 1. The third-order valence-corrected chi connectivity index (χ3v) is 3.68. The third-order valence-electron chi connectivity index (χ3n) is 3.68. The molecule has 16 heavy (non-hydrogen) atoms. The molecule has 0 fully saturated rings. The summed E-state index contributed by atoms with van der Waals surface area (Å²) in [7, 11) is 0. The minimum atomic E-state index is 1.12. The molecule has 0 aliphatic carbocycles. The van der Waals surface area contributed by atoms with Crippen molar-refractivity contribution in [3.8, 4) is 0 Å². The minimum Gasteiger partial charge on any atom is -0.0760 e. The topological polar surface area (TPSA) is 0 Å². The van der Waals surface area contributed by atoms with E-state index in [1.54, 1.807) is 0 Å². The standard InChI is InChI=1S/C16H23/c1-7-8-9-10-16-14(5)12(3)11(2)13(4)15(16)6/h9H,7-8H2,1-6H3. The van der Waals surface area contributed by atoms with Crippen LogP contribution in [0.15, 0.2) is 6.08 Å². The quantitative estimate of drug-likeness (QED) is 0.683. The van der Waals surface area contributed by atoms with E-state index < -0.39 is 0 Å². The van der Waals surface area contributed by atoms with Crippen LogP contribution in [0.3, 0.4) is 0 Å². The van der Waals surface area contributed by atoms with Gasteiger partial charge < -0.3 is 0 Å². The maximum Gasteiger partial charge on any atom is -0.0117 e. The highest BCUT2D eigenvalue weighted by atomic mass is 14.1. The SMILES string of the molecule is CCC/C=[C]\c1c(C)c(C)c(C)c(C)c1C. The second kappa shape index (κ2) is 5.34. The second-order valence-electron chi connectivity index (χ2n) is 4.64. The molecule has 0 aliphatic rings. The second-order valence-corrected chi connectivity index (χ2v) is 4.64. The smallest absolute Gasteiger partial charge is 0.0117 e. The molecule has 0 bridgehead atoms. The van der Waals surface area contributed by atoms with Crippen LogP contribution in [0.25, 0.3) is 0 Å². The Morgan fingerprint density at radius 1 is 0.812 bits per heavy atom. The Morgan fingerprint density at radius 3 is 1.69 bits per heavy atom. The minimum absolute atomic E-state index is 1.12. The Balaban J connectivity index is 3.29. The molecule has 1 rings (SSSR count). The van der Waals surface area contributed by atoms with Crippen molar-refractivity contribution in [2.75, 3.05) is 0 Å². The lowest BCUT2D eigenvalue weighted by molar-refractivity contribution is 0.954. The summed E-state index contributed by atoms with van der Waals surface area (Å²) < 4.78 is 0. The predicted octanol–water partition coefficient (Wildman–Crippen LogP) is 4.74. The van der Waals surface area contributed by atoms with Gasteiger partial charge in [-0.2, -0.15) is 0 Å². The first-order chi connectivity index (χ1) is 7.50. The van der Waals surface area contributed by atoms with E-state index in [9.17, 15) is 0 Å². The van der Waals surface area contributed by atoms with Crippen LogP contribution in [0.2, 0.25) is 0 Å². The van der Waals surface area contributed by atoms with Crippen LogP contribution in [-0.2, 0) is 0 Å². The summed E-state index contributed by atoms with van der Waals surface area (Å²) in [6.07, 6.45) is 7.94. The summed E-state index contributed by atoms with van der Waals surface area (Å²) >= 11 is 0. The van der Waals surface area contributed by atoms with E-state index in [1.807, 2.05) is 0 Å². The van der Waals surface area contributed by atoms with Gasteiger partial charge in [0.1, 0.15) is 0 Å². The number of rotatable bonds is 3. The van der Waals surface area contributed by atoms with E-state index in [0.29, 0.717) is 0 Å². The number of hydrogen-bond donors (Lipinski definition) is 0. The highest BCUT2D eigenvalue weighted by Gasteiger charge is 2.09. The molecular formula is C16H23. The molecule has 0 N–H and O–H groups in total. The summed E-state index contributed by atoms with van der Waals surface area (Å²) in [4.78, 5) is 0. The van der Waals surface area contributed by atoms with Gasteiger partial charge in [0.15, 0.2) is 0 Å². The predicted molar refractivity (Wildman–Crippen MR) is 72.0 cm³/mol. The Labute approximate surface area is 100 Å². The van der Waals surface area contributed by atoms with Crippen molar-refractivity contribution in [3.05, 3.63) is 45.5 Å². The molecule has 0 heterocycles. The van der Waals surface area contributed by atoms with Crippen LogP contribution in [0, 0.1) is 40.7 Å². The molecule has 1 aromatic rings. The maximum atomic E-state index is 3.47. The fourth-order valence-corrected chi connectivity index (χ4v) is 2.04. The lowest BCUT2D eigenvalue weighted by Gasteiger charge is -2.16. The zero-order chi connectivity index (χ0) is 12.3. The van der Waals surface area contributed by atoms with Crippen LogP contribution in [0.4, 0.5) is 0 Å². The first-order valence-corrected chi connectivity index (χ1v) is 6.15. The normalized spacial score (nSPS) is 11.4. The van der Waals surface area contributed by atoms with Crippen LogP contribution >= 0.6 is 0 Å².